The summed E-state index contributed by atoms with van der Waals surface area (Å²) in [7, 11) is 0. The Morgan fingerprint density at radius 3 is 2.43 bits per heavy atom. The maximum Gasteiger partial charge on any atom is 0.338 e. The molecule has 0 aliphatic heterocycles. The number of allylic oxidation sites excluding steroid dienone is 2. The lowest BCUT2D eigenvalue weighted by Gasteiger charge is -2.15. The van der Waals surface area contributed by atoms with Crippen LogP contribution >= 0.6 is 0 Å². The molecule has 0 radical (unpaired) electrons. The number of carboxylic acid groups (broad SMARTS) is 1. The second kappa shape index (κ2) is 9.89. The molecule has 0 saturated heterocycles. The van der Waals surface area contributed by atoms with Gasteiger partial charge in [0.2, 0.25) is 0 Å². The Kier molecular flexibility index (Phi) is 7.14. The van der Waals surface area contributed by atoms with Gasteiger partial charge in [-0.15, -0.1) is 0 Å². The number of aromatic carboxylic acids is 1. The average Bonchev–Trinajstić information content (AvgIpc) is 3.17. The Balaban J connectivity index is 0.00000342. The quantitative estimate of drug-likeness (QED) is 0.359. The third-order valence-corrected chi connectivity index (χ3v) is 5.75. The number of pyridine rings is 2. The van der Waals surface area contributed by atoms with E-state index in [4.69, 9.17) is 10.8 Å². The fraction of sp³-hybridized carbons (Fsp3) is 0.185. The first-order valence-corrected chi connectivity index (χ1v) is 10.6. The fourth-order valence-electron chi connectivity index (χ4n) is 4.13. The van der Waals surface area contributed by atoms with Crippen molar-refractivity contribution in [3.8, 4) is 11.1 Å². The molecule has 3 heterocycles. The van der Waals surface area contributed by atoms with Crippen LogP contribution in [-0.4, -0.2) is 31.4 Å². The number of halogens is 1. The van der Waals surface area contributed by atoms with Crippen LogP contribution in [0, 0.1) is 5.82 Å². The Morgan fingerprint density at radius 2 is 1.86 bits per heavy atom. The SMILES string of the molecule is C.CC(=O)C(=C(C)N)c1cnc2c(-c3ccc(C(=O)O)c(F)c3)cn([C@@H](C)c3ccccn3)c2c1. The molecule has 1 atom stereocenters. The van der Waals surface area contributed by atoms with Crippen LogP contribution in [0.5, 0.6) is 0 Å². The molecule has 0 amide bonds. The number of hydrogen-bond acceptors (Lipinski definition) is 5. The summed E-state index contributed by atoms with van der Waals surface area (Å²) in [6.07, 6.45) is 5.11. The summed E-state index contributed by atoms with van der Waals surface area (Å²) in [5.41, 5.74) is 10.1. The number of fused-ring (bicyclic) bond motifs is 1. The maximum absolute atomic E-state index is 14.5. The van der Waals surface area contributed by atoms with Crippen LogP contribution in [0.25, 0.3) is 27.7 Å². The Morgan fingerprint density at radius 1 is 1.11 bits per heavy atom. The summed E-state index contributed by atoms with van der Waals surface area (Å²) >= 11 is 0. The Bertz CT molecular complexity index is 1450. The van der Waals surface area contributed by atoms with Gasteiger partial charge in [0.1, 0.15) is 5.82 Å². The van der Waals surface area contributed by atoms with Crippen LogP contribution in [0.1, 0.15) is 55.9 Å². The molecule has 8 heteroatoms. The Hall–Kier alpha value is -4.33. The van der Waals surface area contributed by atoms with Crippen LogP contribution in [-0.2, 0) is 4.79 Å². The molecule has 35 heavy (non-hydrogen) atoms. The van der Waals surface area contributed by atoms with Gasteiger partial charge in [0, 0.05) is 41.0 Å². The van der Waals surface area contributed by atoms with Crippen molar-refractivity contribution in [1.29, 1.82) is 0 Å². The van der Waals surface area contributed by atoms with Crippen LogP contribution in [0.3, 0.4) is 0 Å². The smallest absolute Gasteiger partial charge is 0.338 e. The summed E-state index contributed by atoms with van der Waals surface area (Å²) < 4.78 is 16.4. The molecule has 0 unspecified atom stereocenters. The number of Topliss-reactive ketones (excluding diaryl/α,β-unsaturated/α-hetero) is 1. The monoisotopic (exact) mass is 474 g/mol. The zero-order chi connectivity index (χ0) is 24.6. The molecule has 180 valence electrons. The van der Waals surface area contributed by atoms with Gasteiger partial charge in [-0.1, -0.05) is 19.6 Å². The lowest BCUT2D eigenvalue weighted by atomic mass is 10.0. The van der Waals surface area contributed by atoms with Crippen LogP contribution < -0.4 is 5.73 Å². The number of hydrogen-bond donors (Lipinski definition) is 2. The second-order valence-electron chi connectivity index (χ2n) is 8.09. The zero-order valence-electron chi connectivity index (χ0n) is 18.9. The van der Waals surface area contributed by atoms with E-state index in [2.05, 4.69) is 9.97 Å². The highest BCUT2D eigenvalue weighted by Gasteiger charge is 2.21. The van der Waals surface area contributed by atoms with Gasteiger partial charge >= 0.3 is 5.97 Å². The van der Waals surface area contributed by atoms with E-state index in [1.807, 2.05) is 42.0 Å². The van der Waals surface area contributed by atoms with Crippen molar-refractivity contribution in [3.63, 3.8) is 0 Å². The van der Waals surface area contributed by atoms with Crippen molar-refractivity contribution in [2.45, 2.75) is 34.2 Å². The van der Waals surface area contributed by atoms with Gasteiger partial charge in [-0.2, -0.15) is 0 Å². The average molecular weight is 475 g/mol. The highest BCUT2D eigenvalue weighted by Crippen LogP contribution is 2.35. The number of ketones is 1. The van der Waals surface area contributed by atoms with E-state index >= 15 is 0 Å². The first kappa shape index (κ1) is 25.3. The van der Waals surface area contributed by atoms with E-state index in [1.165, 1.54) is 19.1 Å². The molecule has 3 aromatic heterocycles. The minimum absolute atomic E-state index is 0. The number of nitrogens with zero attached hydrogens (tertiary/aromatic N) is 3. The number of carbonyl (C=O) groups is 2. The third-order valence-electron chi connectivity index (χ3n) is 5.75. The minimum atomic E-state index is -1.33. The van der Waals surface area contributed by atoms with Gasteiger partial charge in [0.25, 0.3) is 0 Å². The number of aromatic nitrogens is 3. The van der Waals surface area contributed by atoms with E-state index in [1.54, 1.807) is 25.4 Å². The van der Waals surface area contributed by atoms with Gasteiger partial charge in [-0.05, 0) is 56.7 Å². The normalized spacial score (nSPS) is 12.6. The molecule has 0 aliphatic rings. The van der Waals surface area contributed by atoms with Gasteiger partial charge in [0.15, 0.2) is 5.78 Å². The van der Waals surface area contributed by atoms with Gasteiger partial charge < -0.3 is 15.4 Å². The van der Waals surface area contributed by atoms with Crippen molar-refractivity contribution >= 4 is 28.4 Å². The number of rotatable bonds is 6. The number of nitrogens with two attached hydrogens (primary N) is 1. The van der Waals surface area contributed by atoms with Crippen LogP contribution in [0.15, 0.2) is 66.8 Å². The highest BCUT2D eigenvalue weighted by molar-refractivity contribution is 6.20. The minimum Gasteiger partial charge on any atom is -0.478 e. The van der Waals surface area contributed by atoms with Crippen molar-refractivity contribution in [3.05, 3.63) is 89.4 Å². The number of benzene rings is 1. The lowest BCUT2D eigenvalue weighted by molar-refractivity contribution is -0.111. The largest absolute Gasteiger partial charge is 0.478 e. The predicted octanol–water partition coefficient (Wildman–Crippen LogP) is 5.46. The van der Waals surface area contributed by atoms with E-state index in [0.29, 0.717) is 39.0 Å². The molecule has 3 N–H and O–H groups in total. The molecule has 0 bridgehead atoms. The van der Waals surface area contributed by atoms with Crippen LogP contribution in [0.2, 0.25) is 0 Å². The summed E-state index contributed by atoms with van der Waals surface area (Å²) in [6, 6.07) is 11.2. The number of carbonyl (C=O) groups excluding carboxylic acids is 1. The second-order valence-corrected chi connectivity index (χ2v) is 8.09. The lowest BCUT2D eigenvalue weighted by Crippen LogP contribution is -2.08. The predicted molar refractivity (Wildman–Crippen MR) is 134 cm³/mol. The van der Waals surface area contributed by atoms with Gasteiger partial charge in [0.05, 0.1) is 28.3 Å². The van der Waals surface area contributed by atoms with Crippen molar-refractivity contribution < 1.29 is 19.1 Å². The van der Waals surface area contributed by atoms with Crippen LogP contribution in [0.4, 0.5) is 4.39 Å². The molecule has 0 fully saturated rings. The summed E-state index contributed by atoms with van der Waals surface area (Å²) in [6.45, 7) is 5.08. The maximum atomic E-state index is 14.5. The third kappa shape index (κ3) is 4.68. The molecular formula is C27H27FN4O3. The first-order chi connectivity index (χ1) is 16.2. The molecule has 1 aromatic carbocycles. The molecule has 4 rings (SSSR count). The summed E-state index contributed by atoms with van der Waals surface area (Å²) in [5.74, 6) is -2.34. The number of carboxylic acids is 1. The topological polar surface area (TPSA) is 111 Å². The van der Waals surface area contributed by atoms with E-state index in [0.717, 1.165) is 5.69 Å². The molecule has 4 aromatic rings. The zero-order valence-corrected chi connectivity index (χ0v) is 18.9. The van der Waals surface area contributed by atoms with Gasteiger partial charge in [-0.25, -0.2) is 9.18 Å². The highest BCUT2D eigenvalue weighted by atomic mass is 19.1. The van der Waals surface area contributed by atoms with E-state index < -0.39 is 17.3 Å². The molecule has 0 aliphatic carbocycles. The Labute approximate surface area is 202 Å². The standard InChI is InChI=1S/C26H23FN4O3.CH4/c1-14(28)24(16(3)32)18-11-23-25(30-12-18)20(17-7-8-19(26(33)34)21(27)10-17)13-31(23)15(2)22-6-4-5-9-29-22;/h4-13,15H,28H2,1-3H3,(H,33,34);1H4/t15-;/m0./s1. The van der Waals surface area contributed by atoms with E-state index in [-0.39, 0.29) is 19.3 Å². The molecule has 7 nitrogen and oxygen atoms in total. The molecule has 0 spiro atoms. The van der Waals surface area contributed by atoms with Gasteiger partial charge in [-0.3, -0.25) is 14.8 Å². The summed E-state index contributed by atoms with van der Waals surface area (Å²) in [4.78, 5) is 32.5. The van der Waals surface area contributed by atoms with Crippen molar-refractivity contribution in [1.82, 2.24) is 14.5 Å². The fourth-order valence-corrected chi connectivity index (χ4v) is 4.13. The first-order valence-electron chi connectivity index (χ1n) is 10.6. The van der Waals surface area contributed by atoms with Crippen molar-refractivity contribution in [2.75, 3.05) is 0 Å². The van der Waals surface area contributed by atoms with Crippen molar-refractivity contribution in [2.24, 2.45) is 5.73 Å². The summed E-state index contributed by atoms with van der Waals surface area (Å²) in [5, 5.41) is 9.17. The molecule has 0 saturated carbocycles. The molecular weight excluding hydrogens is 447 g/mol. The van der Waals surface area contributed by atoms with E-state index in [9.17, 15) is 14.0 Å².